The van der Waals surface area contributed by atoms with Crippen LogP contribution in [0.15, 0.2) is 0 Å². The molecule has 2 saturated heterocycles. The standard InChI is InChI=1S/C13H23NO3/c1-12(2)10(11(15)13(3,4)17-12)9-14-5-7-16-8-6-14/h10H,5-9H2,1-4H3. The molecule has 0 aromatic carbocycles. The fourth-order valence-corrected chi connectivity index (χ4v) is 2.86. The third kappa shape index (κ3) is 2.54. The predicted molar refractivity (Wildman–Crippen MR) is 65.0 cm³/mol. The van der Waals surface area contributed by atoms with Gasteiger partial charge in [-0.1, -0.05) is 0 Å². The van der Waals surface area contributed by atoms with E-state index in [1.807, 2.05) is 27.7 Å². The molecule has 0 aromatic rings. The zero-order chi connectivity index (χ0) is 12.7. The van der Waals surface area contributed by atoms with Crippen molar-refractivity contribution >= 4 is 5.78 Å². The summed E-state index contributed by atoms with van der Waals surface area (Å²) in [7, 11) is 0. The van der Waals surface area contributed by atoms with Crippen LogP contribution in [0.5, 0.6) is 0 Å². The van der Waals surface area contributed by atoms with E-state index in [0.29, 0.717) is 0 Å². The normalized spacial score (nSPS) is 32.9. The molecule has 4 nitrogen and oxygen atoms in total. The predicted octanol–water partition coefficient (Wildman–Crippen LogP) is 1.09. The summed E-state index contributed by atoms with van der Waals surface area (Å²) in [5, 5.41) is 0. The zero-order valence-corrected chi connectivity index (χ0v) is 11.3. The molecule has 0 aliphatic carbocycles. The first-order valence-electron chi connectivity index (χ1n) is 6.37. The molecule has 2 aliphatic heterocycles. The van der Waals surface area contributed by atoms with Crippen LogP contribution in [0.1, 0.15) is 27.7 Å². The SMILES string of the molecule is CC1(C)OC(C)(C)C(CN2CCOCC2)C1=O. The lowest BCUT2D eigenvalue weighted by molar-refractivity contribution is -0.132. The number of nitrogens with zero attached hydrogens (tertiary/aromatic N) is 1. The Labute approximate surface area is 103 Å². The Kier molecular flexibility index (Phi) is 3.31. The van der Waals surface area contributed by atoms with Gasteiger partial charge in [-0.15, -0.1) is 0 Å². The average Bonchev–Trinajstić information content (AvgIpc) is 2.38. The summed E-state index contributed by atoms with van der Waals surface area (Å²) in [5.74, 6) is 0.199. The van der Waals surface area contributed by atoms with Crippen LogP contribution in [0, 0.1) is 5.92 Å². The van der Waals surface area contributed by atoms with Crippen LogP contribution in [0.25, 0.3) is 0 Å². The highest BCUT2D eigenvalue weighted by Crippen LogP contribution is 2.39. The number of ether oxygens (including phenoxy) is 2. The molecule has 4 heteroatoms. The molecular formula is C13H23NO3. The van der Waals surface area contributed by atoms with Crippen LogP contribution in [0.3, 0.4) is 0 Å². The topological polar surface area (TPSA) is 38.8 Å². The van der Waals surface area contributed by atoms with E-state index < -0.39 is 5.60 Å². The van der Waals surface area contributed by atoms with Gasteiger partial charge in [0.15, 0.2) is 5.78 Å². The number of Topliss-reactive ketones (excluding diaryl/α,β-unsaturated/α-hetero) is 1. The van der Waals surface area contributed by atoms with Crippen LogP contribution in [-0.4, -0.2) is 54.7 Å². The lowest BCUT2D eigenvalue weighted by atomic mass is 9.85. The minimum Gasteiger partial charge on any atom is -0.379 e. The summed E-state index contributed by atoms with van der Waals surface area (Å²) in [4.78, 5) is 14.6. The molecule has 0 amide bonds. The maximum Gasteiger partial charge on any atom is 0.171 e. The largest absolute Gasteiger partial charge is 0.379 e. The monoisotopic (exact) mass is 241 g/mol. The van der Waals surface area contributed by atoms with Crippen molar-refractivity contribution in [2.75, 3.05) is 32.8 Å². The van der Waals surface area contributed by atoms with Gasteiger partial charge in [0.2, 0.25) is 0 Å². The molecule has 2 fully saturated rings. The van der Waals surface area contributed by atoms with Crippen molar-refractivity contribution in [2.45, 2.75) is 38.9 Å². The summed E-state index contributed by atoms with van der Waals surface area (Å²) < 4.78 is 11.2. The van der Waals surface area contributed by atoms with Gasteiger partial charge < -0.3 is 9.47 Å². The Morgan fingerprint density at radius 2 is 1.82 bits per heavy atom. The molecule has 2 rings (SSSR count). The number of ketones is 1. The molecule has 2 heterocycles. The minimum absolute atomic E-state index is 0.0319. The van der Waals surface area contributed by atoms with E-state index in [-0.39, 0.29) is 17.3 Å². The van der Waals surface area contributed by atoms with Gasteiger partial charge in [0.1, 0.15) is 5.60 Å². The van der Waals surface area contributed by atoms with Crippen molar-refractivity contribution in [2.24, 2.45) is 5.92 Å². The van der Waals surface area contributed by atoms with E-state index >= 15 is 0 Å². The zero-order valence-electron chi connectivity index (χ0n) is 11.3. The smallest absolute Gasteiger partial charge is 0.171 e. The lowest BCUT2D eigenvalue weighted by Crippen LogP contribution is -2.45. The van der Waals surface area contributed by atoms with Crippen molar-refractivity contribution in [1.29, 1.82) is 0 Å². The fraction of sp³-hybridized carbons (Fsp3) is 0.923. The minimum atomic E-state index is -0.638. The average molecular weight is 241 g/mol. The van der Waals surface area contributed by atoms with E-state index in [4.69, 9.17) is 9.47 Å². The van der Waals surface area contributed by atoms with Crippen LogP contribution in [-0.2, 0) is 14.3 Å². The van der Waals surface area contributed by atoms with Crippen molar-refractivity contribution in [1.82, 2.24) is 4.90 Å². The van der Waals surface area contributed by atoms with Crippen molar-refractivity contribution in [3.63, 3.8) is 0 Å². The highest BCUT2D eigenvalue weighted by atomic mass is 16.5. The molecule has 98 valence electrons. The summed E-state index contributed by atoms with van der Waals surface area (Å²) in [6.07, 6.45) is 0. The third-order valence-electron chi connectivity index (χ3n) is 3.81. The Hall–Kier alpha value is -0.450. The summed E-state index contributed by atoms with van der Waals surface area (Å²) in [6.45, 7) is 11.9. The highest BCUT2D eigenvalue weighted by Gasteiger charge is 2.53. The second-order valence-corrected chi connectivity index (χ2v) is 6.05. The van der Waals surface area contributed by atoms with Gasteiger partial charge >= 0.3 is 0 Å². The van der Waals surface area contributed by atoms with Gasteiger partial charge in [-0.2, -0.15) is 0 Å². The van der Waals surface area contributed by atoms with E-state index in [9.17, 15) is 4.79 Å². The number of hydrogen-bond acceptors (Lipinski definition) is 4. The Bertz CT molecular complexity index is 306. The highest BCUT2D eigenvalue weighted by molar-refractivity contribution is 5.91. The second-order valence-electron chi connectivity index (χ2n) is 6.05. The first-order valence-corrected chi connectivity index (χ1v) is 6.37. The number of carbonyl (C=O) groups excluding carboxylic acids is 1. The molecule has 0 bridgehead atoms. The summed E-state index contributed by atoms with van der Waals surface area (Å²) in [5.41, 5.74) is -1.00. The number of hydrogen-bond donors (Lipinski definition) is 0. The lowest BCUT2D eigenvalue weighted by Gasteiger charge is -2.32. The van der Waals surface area contributed by atoms with Crippen molar-refractivity contribution < 1.29 is 14.3 Å². The van der Waals surface area contributed by atoms with Gasteiger partial charge in [0, 0.05) is 19.6 Å². The van der Waals surface area contributed by atoms with Gasteiger partial charge in [-0.05, 0) is 27.7 Å². The molecule has 0 N–H and O–H groups in total. The van der Waals surface area contributed by atoms with Gasteiger partial charge in [0.25, 0.3) is 0 Å². The van der Waals surface area contributed by atoms with E-state index in [2.05, 4.69) is 4.90 Å². The van der Waals surface area contributed by atoms with Crippen molar-refractivity contribution in [3.8, 4) is 0 Å². The molecule has 2 aliphatic rings. The van der Waals surface area contributed by atoms with Crippen LogP contribution < -0.4 is 0 Å². The summed E-state index contributed by atoms with van der Waals surface area (Å²) in [6, 6.07) is 0. The number of rotatable bonds is 2. The molecule has 0 radical (unpaired) electrons. The van der Waals surface area contributed by atoms with Gasteiger partial charge in [-0.3, -0.25) is 9.69 Å². The van der Waals surface area contributed by atoms with Gasteiger partial charge in [-0.25, -0.2) is 0 Å². The molecule has 0 saturated carbocycles. The van der Waals surface area contributed by atoms with Gasteiger partial charge in [0.05, 0.1) is 24.7 Å². The Morgan fingerprint density at radius 1 is 1.24 bits per heavy atom. The maximum atomic E-state index is 12.3. The molecule has 1 unspecified atom stereocenters. The molecular weight excluding hydrogens is 218 g/mol. The molecule has 0 spiro atoms. The quantitative estimate of drug-likeness (QED) is 0.725. The first kappa shape index (κ1) is 13.0. The van der Waals surface area contributed by atoms with E-state index in [0.717, 1.165) is 32.8 Å². The van der Waals surface area contributed by atoms with E-state index in [1.54, 1.807) is 0 Å². The Balaban J connectivity index is 2.06. The summed E-state index contributed by atoms with van der Waals surface area (Å²) >= 11 is 0. The maximum absolute atomic E-state index is 12.3. The Morgan fingerprint density at radius 3 is 2.29 bits per heavy atom. The first-order chi connectivity index (χ1) is 7.83. The van der Waals surface area contributed by atoms with Crippen LogP contribution in [0.2, 0.25) is 0 Å². The molecule has 17 heavy (non-hydrogen) atoms. The fourth-order valence-electron chi connectivity index (χ4n) is 2.86. The second kappa shape index (κ2) is 4.34. The molecule has 1 atom stereocenters. The number of carbonyl (C=O) groups is 1. The molecule has 0 aromatic heterocycles. The number of morpholine rings is 1. The van der Waals surface area contributed by atoms with Crippen molar-refractivity contribution in [3.05, 3.63) is 0 Å². The van der Waals surface area contributed by atoms with Crippen LogP contribution >= 0.6 is 0 Å². The van der Waals surface area contributed by atoms with Crippen LogP contribution in [0.4, 0.5) is 0 Å². The van der Waals surface area contributed by atoms with E-state index in [1.165, 1.54) is 0 Å². The third-order valence-corrected chi connectivity index (χ3v) is 3.81.